The first-order chi connectivity index (χ1) is 9.41. The molecule has 2 N–H and O–H groups in total. The van der Waals surface area contributed by atoms with Gasteiger partial charge in [-0.3, -0.25) is 4.99 Å². The van der Waals surface area contributed by atoms with Gasteiger partial charge >= 0.3 is 6.18 Å². The molecule has 0 amide bonds. The molecule has 0 aliphatic carbocycles. The van der Waals surface area contributed by atoms with Gasteiger partial charge < -0.3 is 15.4 Å². The van der Waals surface area contributed by atoms with Gasteiger partial charge in [0.15, 0.2) is 5.96 Å². The van der Waals surface area contributed by atoms with Crippen molar-refractivity contribution < 1.29 is 17.9 Å². The lowest BCUT2D eigenvalue weighted by Crippen LogP contribution is -2.45. The van der Waals surface area contributed by atoms with E-state index >= 15 is 0 Å². The molecule has 1 aliphatic heterocycles. The van der Waals surface area contributed by atoms with Gasteiger partial charge in [0.05, 0.1) is 18.7 Å². The zero-order valence-electron chi connectivity index (χ0n) is 11.4. The van der Waals surface area contributed by atoms with Gasteiger partial charge in [-0.15, -0.1) is 24.0 Å². The van der Waals surface area contributed by atoms with E-state index in [0.717, 1.165) is 12.1 Å². The number of morpholine rings is 1. The lowest BCUT2D eigenvalue weighted by Gasteiger charge is -2.33. The quantitative estimate of drug-likeness (QED) is 0.436. The third-order valence-corrected chi connectivity index (χ3v) is 3.21. The zero-order chi connectivity index (χ0) is 14.8. The maximum absolute atomic E-state index is 12.7. The van der Waals surface area contributed by atoms with E-state index in [9.17, 15) is 13.2 Å². The van der Waals surface area contributed by atoms with Crippen LogP contribution in [0.15, 0.2) is 29.3 Å². The first kappa shape index (κ1) is 18.0. The number of benzene rings is 1. The van der Waals surface area contributed by atoms with Crippen LogP contribution in [-0.2, 0) is 10.9 Å². The third-order valence-electron chi connectivity index (χ3n) is 3.21. The second-order valence-electron chi connectivity index (χ2n) is 4.51. The number of hydrogen-bond acceptors (Lipinski definition) is 2. The number of ether oxygens (including phenoxy) is 1. The van der Waals surface area contributed by atoms with Crippen LogP contribution in [0, 0.1) is 0 Å². The Hall–Kier alpha value is -1.03. The molecule has 1 fully saturated rings. The average Bonchev–Trinajstić information content (AvgIpc) is 2.46. The number of guanidine groups is 1. The normalized spacial score (nSPS) is 20.1. The van der Waals surface area contributed by atoms with Crippen molar-refractivity contribution >= 4 is 29.9 Å². The fourth-order valence-electron chi connectivity index (χ4n) is 2.12. The smallest absolute Gasteiger partial charge is 0.370 e. The van der Waals surface area contributed by atoms with Gasteiger partial charge in [0.25, 0.3) is 0 Å². The van der Waals surface area contributed by atoms with Gasteiger partial charge in [-0.2, -0.15) is 13.2 Å². The summed E-state index contributed by atoms with van der Waals surface area (Å²) in [6, 6.07) is 5.18. The summed E-state index contributed by atoms with van der Waals surface area (Å²) in [7, 11) is 1.57. The van der Waals surface area contributed by atoms with Crippen molar-refractivity contribution in [2.75, 3.05) is 26.7 Å². The van der Waals surface area contributed by atoms with Crippen molar-refractivity contribution in [3.05, 3.63) is 35.4 Å². The van der Waals surface area contributed by atoms with E-state index in [1.165, 1.54) is 6.07 Å². The molecule has 1 heterocycles. The molecule has 1 aliphatic rings. The van der Waals surface area contributed by atoms with Gasteiger partial charge in [-0.05, 0) is 17.7 Å². The molecule has 1 aromatic carbocycles. The van der Waals surface area contributed by atoms with Crippen LogP contribution in [0.4, 0.5) is 13.2 Å². The van der Waals surface area contributed by atoms with Gasteiger partial charge in [-0.25, -0.2) is 0 Å². The number of rotatable bonds is 1. The lowest BCUT2D eigenvalue weighted by atomic mass is 10.0. The van der Waals surface area contributed by atoms with E-state index in [1.807, 2.05) is 0 Å². The maximum Gasteiger partial charge on any atom is 0.416 e. The second kappa shape index (κ2) is 7.30. The summed E-state index contributed by atoms with van der Waals surface area (Å²) in [5.41, 5.74) is 5.55. The molecule has 118 valence electrons. The van der Waals surface area contributed by atoms with Crippen molar-refractivity contribution in [2.45, 2.75) is 12.3 Å². The van der Waals surface area contributed by atoms with Crippen LogP contribution in [0.25, 0.3) is 0 Å². The SMILES string of the molecule is CN=C(N)N1CCOC(c2cccc(C(F)(F)F)c2)C1.I. The Morgan fingerprint density at radius 2 is 2.14 bits per heavy atom. The molecule has 1 aromatic rings. The summed E-state index contributed by atoms with van der Waals surface area (Å²) in [6.07, 6.45) is -4.79. The number of alkyl halides is 3. The van der Waals surface area contributed by atoms with Gasteiger partial charge in [0.1, 0.15) is 6.10 Å². The molecular formula is C13H17F3IN3O. The number of aliphatic imine (C=N–C) groups is 1. The predicted molar refractivity (Wildman–Crippen MR) is 84.7 cm³/mol. The fourth-order valence-corrected chi connectivity index (χ4v) is 2.12. The van der Waals surface area contributed by atoms with Crippen LogP contribution >= 0.6 is 24.0 Å². The first-order valence-electron chi connectivity index (χ1n) is 6.18. The van der Waals surface area contributed by atoms with E-state index in [2.05, 4.69) is 4.99 Å². The topological polar surface area (TPSA) is 50.8 Å². The Balaban J connectivity index is 0.00000220. The second-order valence-corrected chi connectivity index (χ2v) is 4.51. The van der Waals surface area contributed by atoms with Crippen LogP contribution in [0.2, 0.25) is 0 Å². The van der Waals surface area contributed by atoms with Crippen LogP contribution < -0.4 is 5.73 Å². The summed E-state index contributed by atoms with van der Waals surface area (Å²) in [6.45, 7) is 1.38. The Morgan fingerprint density at radius 1 is 1.43 bits per heavy atom. The Kier molecular flexibility index (Phi) is 6.26. The largest absolute Gasteiger partial charge is 0.416 e. The van der Waals surface area contributed by atoms with Crippen LogP contribution in [-0.4, -0.2) is 37.6 Å². The summed E-state index contributed by atoms with van der Waals surface area (Å²) in [5.74, 6) is 0.366. The molecule has 0 bridgehead atoms. The van der Waals surface area contributed by atoms with Gasteiger partial charge in [0.2, 0.25) is 0 Å². The number of nitrogens with zero attached hydrogens (tertiary/aromatic N) is 2. The molecule has 1 atom stereocenters. The molecule has 2 rings (SSSR count). The zero-order valence-corrected chi connectivity index (χ0v) is 13.8. The lowest BCUT2D eigenvalue weighted by molar-refractivity contribution is -0.137. The van der Waals surface area contributed by atoms with Crippen molar-refractivity contribution in [2.24, 2.45) is 10.7 Å². The van der Waals surface area contributed by atoms with Crippen LogP contribution in [0.3, 0.4) is 0 Å². The Bertz CT molecular complexity index is 508. The Morgan fingerprint density at radius 3 is 2.76 bits per heavy atom. The molecular weight excluding hydrogens is 398 g/mol. The number of nitrogens with two attached hydrogens (primary N) is 1. The third kappa shape index (κ3) is 4.47. The van der Waals surface area contributed by atoms with Crippen molar-refractivity contribution in [1.82, 2.24) is 4.90 Å². The minimum atomic E-state index is -4.35. The fraction of sp³-hybridized carbons (Fsp3) is 0.462. The van der Waals surface area contributed by atoms with Gasteiger partial charge in [0, 0.05) is 13.6 Å². The molecule has 0 spiro atoms. The monoisotopic (exact) mass is 415 g/mol. The minimum absolute atomic E-state index is 0. The summed E-state index contributed by atoms with van der Waals surface area (Å²) in [5, 5.41) is 0. The standard InChI is InChI=1S/C13H16F3N3O.HI/c1-18-12(17)19-5-6-20-11(8-19)9-3-2-4-10(7-9)13(14,15)16;/h2-4,7,11H,5-6,8H2,1H3,(H2,17,18);1H. The van der Waals surface area contributed by atoms with Crippen molar-refractivity contribution in [3.8, 4) is 0 Å². The highest BCUT2D eigenvalue weighted by atomic mass is 127. The molecule has 0 saturated carbocycles. The summed E-state index contributed by atoms with van der Waals surface area (Å²) in [4.78, 5) is 5.68. The minimum Gasteiger partial charge on any atom is -0.370 e. The van der Waals surface area contributed by atoms with Gasteiger partial charge in [-0.1, -0.05) is 12.1 Å². The van der Waals surface area contributed by atoms with E-state index < -0.39 is 17.8 Å². The van der Waals surface area contributed by atoms with Crippen molar-refractivity contribution in [3.63, 3.8) is 0 Å². The molecule has 1 unspecified atom stereocenters. The summed E-state index contributed by atoms with van der Waals surface area (Å²) >= 11 is 0. The van der Waals surface area contributed by atoms with E-state index in [1.54, 1.807) is 18.0 Å². The maximum atomic E-state index is 12.7. The molecule has 0 aromatic heterocycles. The molecule has 0 radical (unpaired) electrons. The molecule has 21 heavy (non-hydrogen) atoms. The average molecular weight is 415 g/mol. The summed E-state index contributed by atoms with van der Waals surface area (Å²) < 4.78 is 43.6. The molecule has 4 nitrogen and oxygen atoms in total. The number of halogens is 4. The molecule has 8 heteroatoms. The van der Waals surface area contributed by atoms with E-state index in [4.69, 9.17) is 10.5 Å². The highest BCUT2D eigenvalue weighted by Gasteiger charge is 2.32. The Labute approximate surface area is 138 Å². The van der Waals surface area contributed by atoms with E-state index in [-0.39, 0.29) is 24.0 Å². The van der Waals surface area contributed by atoms with Crippen LogP contribution in [0.5, 0.6) is 0 Å². The highest BCUT2D eigenvalue weighted by Crippen LogP contribution is 2.32. The predicted octanol–water partition coefficient (Wildman–Crippen LogP) is 2.64. The van der Waals surface area contributed by atoms with Crippen LogP contribution in [0.1, 0.15) is 17.2 Å². The highest BCUT2D eigenvalue weighted by molar-refractivity contribution is 14.0. The number of hydrogen-bond donors (Lipinski definition) is 1. The molecule has 1 saturated heterocycles. The first-order valence-corrected chi connectivity index (χ1v) is 6.18. The van der Waals surface area contributed by atoms with Crippen molar-refractivity contribution in [1.29, 1.82) is 0 Å². The van der Waals surface area contributed by atoms with E-state index in [0.29, 0.717) is 31.2 Å².